The highest BCUT2D eigenvalue weighted by molar-refractivity contribution is 9.11. The zero-order valence-corrected chi connectivity index (χ0v) is 13.6. The Morgan fingerprint density at radius 1 is 1.50 bits per heavy atom. The Hall–Kier alpha value is 0.380. The van der Waals surface area contributed by atoms with E-state index in [4.69, 9.17) is 11.6 Å². The second-order valence-corrected chi connectivity index (χ2v) is 9.47. The van der Waals surface area contributed by atoms with Crippen LogP contribution in [0.3, 0.4) is 0 Å². The summed E-state index contributed by atoms with van der Waals surface area (Å²) in [6.07, 6.45) is 3.21. The fourth-order valence-corrected chi connectivity index (χ4v) is 7.41. The van der Waals surface area contributed by atoms with E-state index in [2.05, 4.69) is 15.9 Å². The molecule has 2 aliphatic rings. The fourth-order valence-electron chi connectivity index (χ4n) is 2.94. The molecule has 2 fully saturated rings. The summed E-state index contributed by atoms with van der Waals surface area (Å²) < 4.78 is 27.6. The molecule has 3 nitrogen and oxygen atoms in total. The van der Waals surface area contributed by atoms with E-state index in [1.165, 1.54) is 17.8 Å². The first-order valence-electron chi connectivity index (χ1n) is 5.88. The Morgan fingerprint density at radius 2 is 2.28 bits per heavy atom. The van der Waals surface area contributed by atoms with E-state index < -0.39 is 10.0 Å². The summed E-state index contributed by atoms with van der Waals surface area (Å²) in [4.78, 5) is 1.27. The van der Waals surface area contributed by atoms with Crippen molar-refractivity contribution in [2.75, 3.05) is 6.54 Å². The van der Waals surface area contributed by atoms with Gasteiger partial charge in [0, 0.05) is 17.5 Å². The van der Waals surface area contributed by atoms with Gasteiger partial charge >= 0.3 is 0 Å². The molecule has 1 aliphatic heterocycles. The zero-order valence-electron chi connectivity index (χ0n) is 9.60. The van der Waals surface area contributed by atoms with Gasteiger partial charge in [-0.05, 0) is 47.2 Å². The van der Waals surface area contributed by atoms with Crippen LogP contribution < -0.4 is 0 Å². The molecule has 3 rings (SSSR count). The maximum atomic E-state index is 12.6. The lowest BCUT2D eigenvalue weighted by Crippen LogP contribution is -2.37. The molecule has 1 aromatic heterocycles. The highest BCUT2D eigenvalue weighted by Gasteiger charge is 2.45. The molecule has 1 aliphatic carbocycles. The average molecular weight is 371 g/mol. The maximum absolute atomic E-state index is 12.6. The minimum atomic E-state index is -3.35. The summed E-state index contributed by atoms with van der Waals surface area (Å²) in [7, 11) is -3.35. The molecule has 0 N–H and O–H groups in total. The number of piperidine rings is 1. The number of fused-ring (bicyclic) bond motifs is 2. The van der Waals surface area contributed by atoms with E-state index in [9.17, 15) is 8.42 Å². The van der Waals surface area contributed by atoms with Gasteiger partial charge in [-0.2, -0.15) is 4.31 Å². The number of halogens is 2. The van der Waals surface area contributed by atoms with Crippen LogP contribution in [0.25, 0.3) is 0 Å². The smallest absolute Gasteiger partial charge is 0.207 e. The van der Waals surface area contributed by atoms with E-state index >= 15 is 0 Å². The number of nitrogens with zero attached hydrogens (tertiary/aromatic N) is 1. The Kier molecular flexibility index (Phi) is 3.52. The molecule has 0 amide bonds. The minimum Gasteiger partial charge on any atom is -0.207 e. The van der Waals surface area contributed by atoms with Crippen molar-refractivity contribution in [3.05, 3.63) is 14.7 Å². The standard InChI is InChI=1S/C11H13BrClNO2S2/c12-11-10(4-9(5-13)17-11)18(15,16)14-6-7-1-2-8(14)3-7/h4,7-8H,1-3,5-6H2. The Bertz CT molecular complexity index is 572. The monoisotopic (exact) mass is 369 g/mol. The van der Waals surface area contributed by atoms with Crippen LogP contribution in [0, 0.1) is 5.92 Å². The molecule has 2 atom stereocenters. The molecule has 1 saturated heterocycles. The van der Waals surface area contributed by atoms with Crippen molar-refractivity contribution in [2.24, 2.45) is 5.92 Å². The molecule has 1 saturated carbocycles. The summed E-state index contributed by atoms with van der Waals surface area (Å²) in [5, 5.41) is 0. The first-order valence-corrected chi connectivity index (χ1v) is 9.47. The highest BCUT2D eigenvalue weighted by atomic mass is 79.9. The van der Waals surface area contributed by atoms with Gasteiger partial charge in [-0.1, -0.05) is 0 Å². The predicted molar refractivity (Wildman–Crippen MR) is 76.6 cm³/mol. The molecule has 1 aromatic rings. The normalized spacial score (nSPS) is 28.1. The van der Waals surface area contributed by atoms with Crippen LogP contribution in [-0.2, 0) is 15.9 Å². The first-order chi connectivity index (χ1) is 8.52. The molecule has 2 unspecified atom stereocenters. The van der Waals surface area contributed by atoms with Crippen molar-refractivity contribution in [3.63, 3.8) is 0 Å². The van der Waals surface area contributed by atoms with Crippen molar-refractivity contribution in [1.29, 1.82) is 0 Å². The number of thiophene rings is 1. The van der Waals surface area contributed by atoms with E-state index in [0.717, 1.165) is 17.7 Å². The summed E-state index contributed by atoms with van der Waals surface area (Å²) >= 11 is 10.5. The molecule has 0 radical (unpaired) electrons. The van der Waals surface area contributed by atoms with Crippen LogP contribution in [0.4, 0.5) is 0 Å². The molecular formula is C11H13BrClNO2S2. The second kappa shape index (κ2) is 4.74. The van der Waals surface area contributed by atoms with Gasteiger partial charge in [-0.3, -0.25) is 0 Å². The third kappa shape index (κ3) is 2.06. The number of rotatable bonds is 3. The van der Waals surface area contributed by atoms with Gasteiger partial charge in [0.05, 0.1) is 9.67 Å². The molecule has 0 aromatic carbocycles. The van der Waals surface area contributed by atoms with E-state index in [1.54, 1.807) is 10.4 Å². The van der Waals surface area contributed by atoms with Crippen LogP contribution in [0.2, 0.25) is 0 Å². The molecule has 2 heterocycles. The van der Waals surface area contributed by atoms with E-state index in [0.29, 0.717) is 27.0 Å². The zero-order chi connectivity index (χ0) is 12.9. The Labute approximate surface area is 124 Å². The third-order valence-corrected chi connectivity index (χ3v) is 8.40. The quantitative estimate of drug-likeness (QED) is 0.765. The van der Waals surface area contributed by atoms with Gasteiger partial charge in [-0.25, -0.2) is 8.42 Å². The van der Waals surface area contributed by atoms with Gasteiger partial charge < -0.3 is 0 Å². The number of sulfonamides is 1. The van der Waals surface area contributed by atoms with Crippen molar-refractivity contribution < 1.29 is 8.42 Å². The number of hydrogen-bond acceptors (Lipinski definition) is 3. The van der Waals surface area contributed by atoms with Crippen LogP contribution in [-0.4, -0.2) is 25.3 Å². The SMILES string of the molecule is O=S(=O)(c1cc(CCl)sc1Br)N1CC2CCC1C2. The summed E-state index contributed by atoms with van der Waals surface area (Å²) in [6.45, 7) is 0.686. The summed E-state index contributed by atoms with van der Waals surface area (Å²) in [5.74, 6) is 0.917. The van der Waals surface area contributed by atoms with Gasteiger partial charge in [0.15, 0.2) is 0 Å². The Balaban J connectivity index is 1.97. The highest BCUT2D eigenvalue weighted by Crippen LogP contribution is 2.43. The van der Waals surface area contributed by atoms with Gasteiger partial charge in [-0.15, -0.1) is 22.9 Å². The fraction of sp³-hybridized carbons (Fsp3) is 0.636. The molecule has 100 valence electrons. The van der Waals surface area contributed by atoms with Crippen LogP contribution in [0.15, 0.2) is 14.7 Å². The lowest BCUT2D eigenvalue weighted by Gasteiger charge is -2.25. The average Bonchev–Trinajstić information content (AvgIpc) is 3.02. The van der Waals surface area contributed by atoms with Gasteiger partial charge in [0.1, 0.15) is 4.90 Å². The molecular weight excluding hydrogens is 358 g/mol. The third-order valence-electron chi connectivity index (χ3n) is 3.78. The minimum absolute atomic E-state index is 0.214. The van der Waals surface area contributed by atoms with E-state index in [1.807, 2.05) is 0 Å². The van der Waals surface area contributed by atoms with Gasteiger partial charge in [0.25, 0.3) is 0 Å². The van der Waals surface area contributed by atoms with Crippen LogP contribution >= 0.6 is 38.9 Å². The molecule has 0 spiro atoms. The van der Waals surface area contributed by atoms with Crippen molar-refractivity contribution in [3.8, 4) is 0 Å². The predicted octanol–water partition coefficient (Wildman–Crippen LogP) is 3.42. The van der Waals surface area contributed by atoms with Crippen LogP contribution in [0.1, 0.15) is 24.1 Å². The topological polar surface area (TPSA) is 37.4 Å². The van der Waals surface area contributed by atoms with E-state index in [-0.39, 0.29) is 6.04 Å². The van der Waals surface area contributed by atoms with Gasteiger partial charge in [0.2, 0.25) is 10.0 Å². The van der Waals surface area contributed by atoms with Crippen molar-refractivity contribution in [2.45, 2.75) is 36.1 Å². The number of hydrogen-bond donors (Lipinski definition) is 0. The lowest BCUT2D eigenvalue weighted by atomic mass is 10.1. The number of alkyl halides is 1. The second-order valence-electron chi connectivity index (χ2n) is 4.89. The van der Waals surface area contributed by atoms with Crippen molar-refractivity contribution in [1.82, 2.24) is 4.31 Å². The first kappa shape index (κ1) is 13.4. The largest absolute Gasteiger partial charge is 0.245 e. The lowest BCUT2D eigenvalue weighted by molar-refractivity contribution is 0.333. The Morgan fingerprint density at radius 3 is 2.78 bits per heavy atom. The summed E-state index contributed by atoms with van der Waals surface area (Å²) in [6, 6.07) is 1.91. The molecule has 7 heteroatoms. The molecule has 2 bridgehead atoms. The van der Waals surface area contributed by atoms with Crippen molar-refractivity contribution >= 4 is 48.9 Å². The molecule has 18 heavy (non-hydrogen) atoms. The van der Waals surface area contributed by atoms with Crippen LogP contribution in [0.5, 0.6) is 0 Å². The maximum Gasteiger partial charge on any atom is 0.245 e. The summed E-state index contributed by atoms with van der Waals surface area (Å²) in [5.41, 5.74) is 0.